The van der Waals surface area contributed by atoms with Crippen LogP contribution in [0, 0.1) is 0 Å². The van der Waals surface area contributed by atoms with Gasteiger partial charge in [0.15, 0.2) is 0 Å². The summed E-state index contributed by atoms with van der Waals surface area (Å²) >= 11 is 0. The first-order valence-corrected chi connectivity index (χ1v) is 4.71. The van der Waals surface area contributed by atoms with Crippen molar-refractivity contribution >= 4 is 7.62 Å². The number of hydrogen-bond acceptors (Lipinski definition) is 3. The molecule has 0 bridgehead atoms. The van der Waals surface area contributed by atoms with Crippen molar-refractivity contribution in [3.05, 3.63) is 35.9 Å². The molecule has 1 atom stereocenters. The van der Waals surface area contributed by atoms with E-state index < -0.39 is 0 Å². The molecule has 0 aliphatic carbocycles. The molecule has 1 aliphatic heterocycles. The fourth-order valence-corrected chi connectivity index (χ4v) is 1.61. The van der Waals surface area contributed by atoms with Crippen molar-refractivity contribution in [1.82, 2.24) is 4.97 Å². The Balaban J connectivity index is 1.97. The fraction of sp³-hybridized carbons (Fsp3) is 0.400. The first-order chi connectivity index (χ1) is 6.90. The molecule has 0 unspecified atom stereocenters. The van der Waals surface area contributed by atoms with Crippen molar-refractivity contribution in [2.24, 2.45) is 0 Å². The van der Waals surface area contributed by atoms with Gasteiger partial charge in [-0.1, -0.05) is 30.3 Å². The highest BCUT2D eigenvalue weighted by molar-refractivity contribution is 6.23. The predicted octanol–water partition coefficient (Wildman–Crippen LogP) is 1.03. The molecule has 1 heterocycles. The number of hydroxylamine groups is 1. The second-order valence-corrected chi connectivity index (χ2v) is 3.32. The van der Waals surface area contributed by atoms with E-state index in [9.17, 15) is 0 Å². The monoisotopic (exact) mass is 190 g/mol. The van der Waals surface area contributed by atoms with E-state index in [1.54, 1.807) is 19.7 Å². The molecule has 1 fully saturated rings. The minimum absolute atomic E-state index is 0.294. The maximum Gasteiger partial charge on any atom is 0.425 e. The lowest BCUT2D eigenvalue weighted by molar-refractivity contribution is -0.0729. The van der Waals surface area contributed by atoms with E-state index in [4.69, 9.17) is 9.49 Å². The fourth-order valence-electron chi connectivity index (χ4n) is 1.61. The molecular weight excluding hydrogens is 177 g/mol. The normalized spacial score (nSPS) is 22.2. The molecule has 2 rings (SSSR count). The van der Waals surface area contributed by atoms with Gasteiger partial charge in [0.05, 0.1) is 13.2 Å². The van der Waals surface area contributed by atoms with Crippen molar-refractivity contribution in [1.29, 1.82) is 0 Å². The second kappa shape index (κ2) is 4.60. The Morgan fingerprint density at radius 3 is 3.00 bits per heavy atom. The average molecular weight is 190 g/mol. The zero-order chi connectivity index (χ0) is 9.80. The molecule has 73 valence electrons. The summed E-state index contributed by atoms with van der Waals surface area (Å²) in [4.78, 5) is 6.91. The van der Waals surface area contributed by atoms with Gasteiger partial charge in [0.2, 0.25) is 0 Å². The van der Waals surface area contributed by atoms with Crippen molar-refractivity contribution in [3.8, 4) is 0 Å². The summed E-state index contributed by atoms with van der Waals surface area (Å²) in [6, 6.07) is 10.6. The van der Waals surface area contributed by atoms with Gasteiger partial charge >= 0.3 is 7.62 Å². The van der Waals surface area contributed by atoms with E-state index in [1.807, 2.05) is 18.2 Å². The Kier molecular flexibility index (Phi) is 3.19. The summed E-state index contributed by atoms with van der Waals surface area (Å²) in [7, 11) is 3.29. The molecule has 0 aromatic heterocycles. The lowest BCUT2D eigenvalue weighted by Crippen LogP contribution is -2.33. The van der Waals surface area contributed by atoms with Crippen LogP contribution >= 0.6 is 0 Å². The zero-order valence-corrected chi connectivity index (χ0v) is 8.22. The molecule has 14 heavy (non-hydrogen) atoms. The Labute approximate surface area is 84.9 Å². The number of benzene rings is 1. The third kappa shape index (κ3) is 2.15. The summed E-state index contributed by atoms with van der Waals surface area (Å²) in [6.07, 6.45) is 0.950. The van der Waals surface area contributed by atoms with Gasteiger partial charge in [-0.2, -0.15) is 4.97 Å². The van der Waals surface area contributed by atoms with Crippen LogP contribution in [0.1, 0.15) is 5.56 Å². The van der Waals surface area contributed by atoms with E-state index in [-0.39, 0.29) is 0 Å². The van der Waals surface area contributed by atoms with E-state index >= 15 is 0 Å². The Hall–Kier alpha value is -0.835. The third-order valence-corrected chi connectivity index (χ3v) is 2.35. The van der Waals surface area contributed by atoms with Crippen LogP contribution in [0.15, 0.2) is 30.3 Å². The summed E-state index contributed by atoms with van der Waals surface area (Å²) in [5.74, 6) is 0. The molecule has 1 aliphatic rings. The van der Waals surface area contributed by atoms with E-state index in [1.165, 1.54) is 5.56 Å². The average Bonchev–Trinajstić information content (AvgIpc) is 2.67. The molecule has 1 aromatic carbocycles. The Morgan fingerprint density at radius 2 is 2.29 bits per heavy atom. The van der Waals surface area contributed by atoms with Crippen molar-refractivity contribution < 1.29 is 9.49 Å². The first kappa shape index (κ1) is 9.71. The van der Waals surface area contributed by atoms with Crippen molar-refractivity contribution in [3.63, 3.8) is 0 Å². The molecule has 0 amide bonds. The SMILES string of the molecule is CON1[B]OC[C@H]1Cc1ccccc1. The van der Waals surface area contributed by atoms with Crippen molar-refractivity contribution in [2.45, 2.75) is 12.5 Å². The van der Waals surface area contributed by atoms with Gasteiger partial charge in [-0.05, 0) is 12.0 Å². The molecule has 0 N–H and O–H groups in total. The second-order valence-electron chi connectivity index (χ2n) is 3.32. The summed E-state index contributed by atoms with van der Waals surface area (Å²) in [5.41, 5.74) is 1.30. The smallest absolute Gasteiger partial charge is 0.421 e. The van der Waals surface area contributed by atoms with Crippen LogP contribution in [0.5, 0.6) is 0 Å². The minimum atomic E-state index is 0.294. The Morgan fingerprint density at radius 1 is 1.50 bits per heavy atom. The highest BCUT2D eigenvalue weighted by Crippen LogP contribution is 2.13. The van der Waals surface area contributed by atoms with E-state index in [0.717, 1.165) is 6.42 Å². The number of hydrogen-bond donors (Lipinski definition) is 0. The quantitative estimate of drug-likeness (QED) is 0.664. The number of rotatable bonds is 3. The molecule has 4 heteroatoms. The van der Waals surface area contributed by atoms with Gasteiger partial charge in [-0.3, -0.25) is 0 Å². The summed E-state index contributed by atoms with van der Waals surface area (Å²) in [6.45, 7) is 0.697. The van der Waals surface area contributed by atoms with Gasteiger partial charge in [0.1, 0.15) is 0 Å². The van der Waals surface area contributed by atoms with E-state index in [0.29, 0.717) is 12.6 Å². The number of nitrogens with zero attached hydrogens (tertiary/aromatic N) is 1. The first-order valence-electron chi connectivity index (χ1n) is 4.71. The van der Waals surface area contributed by atoms with Gasteiger partial charge in [-0.25, -0.2) is 0 Å². The van der Waals surface area contributed by atoms with Crippen LogP contribution < -0.4 is 0 Å². The Bertz CT molecular complexity index is 281. The molecule has 1 aromatic rings. The molecule has 3 nitrogen and oxygen atoms in total. The zero-order valence-electron chi connectivity index (χ0n) is 8.22. The lowest BCUT2D eigenvalue weighted by atomic mass is 10.1. The van der Waals surface area contributed by atoms with Gasteiger partial charge < -0.3 is 9.49 Å². The van der Waals surface area contributed by atoms with Gasteiger partial charge in [0, 0.05) is 6.61 Å². The van der Waals surface area contributed by atoms with Crippen LogP contribution in [0.2, 0.25) is 0 Å². The van der Waals surface area contributed by atoms with Gasteiger partial charge in [-0.15, -0.1) is 0 Å². The van der Waals surface area contributed by atoms with Crippen LogP contribution in [-0.2, 0) is 15.9 Å². The van der Waals surface area contributed by atoms with Crippen molar-refractivity contribution in [2.75, 3.05) is 13.7 Å². The largest absolute Gasteiger partial charge is 0.425 e. The maximum atomic E-state index is 5.21. The maximum absolute atomic E-state index is 5.21. The van der Waals surface area contributed by atoms with Crippen LogP contribution in [0.3, 0.4) is 0 Å². The minimum Gasteiger partial charge on any atom is -0.421 e. The highest BCUT2D eigenvalue weighted by Gasteiger charge is 2.27. The van der Waals surface area contributed by atoms with Gasteiger partial charge in [0.25, 0.3) is 0 Å². The predicted molar refractivity (Wildman–Crippen MR) is 54.5 cm³/mol. The third-order valence-electron chi connectivity index (χ3n) is 2.35. The van der Waals surface area contributed by atoms with E-state index in [2.05, 4.69) is 12.1 Å². The molecule has 0 spiro atoms. The standard InChI is InChI=1S/C10H13BNO2/c1-13-12-10(8-14-11-12)7-9-5-3-2-4-6-9/h2-6,10H,7-8H2,1H3/t10-/m1/s1. The molecule has 1 radical (unpaired) electrons. The topological polar surface area (TPSA) is 21.7 Å². The van der Waals surface area contributed by atoms with Crippen LogP contribution in [0.4, 0.5) is 0 Å². The summed E-state index contributed by atoms with van der Waals surface area (Å²) in [5, 5.41) is 0. The lowest BCUT2D eigenvalue weighted by Gasteiger charge is -2.19. The molecular formula is C10H13BNO2. The molecule has 1 saturated heterocycles. The highest BCUT2D eigenvalue weighted by atomic mass is 16.7. The molecule has 0 saturated carbocycles. The van der Waals surface area contributed by atoms with Crippen LogP contribution in [-0.4, -0.2) is 32.4 Å². The van der Waals surface area contributed by atoms with Crippen LogP contribution in [0.25, 0.3) is 0 Å². The summed E-state index contributed by atoms with van der Waals surface area (Å²) < 4.78 is 5.21.